The molecule has 0 N–H and O–H groups in total. The Bertz CT molecular complexity index is 1350. The van der Waals surface area contributed by atoms with Crippen LogP contribution in [0.25, 0.3) is 10.8 Å². The van der Waals surface area contributed by atoms with Crippen molar-refractivity contribution in [2.45, 2.75) is 39.3 Å². The summed E-state index contributed by atoms with van der Waals surface area (Å²) in [6.45, 7) is 8.28. The van der Waals surface area contributed by atoms with E-state index in [1.165, 1.54) is 0 Å². The summed E-state index contributed by atoms with van der Waals surface area (Å²) in [5.74, 6) is 1.36. The first-order valence-corrected chi connectivity index (χ1v) is 12.7. The highest BCUT2D eigenvalue weighted by Gasteiger charge is 2.32. The van der Waals surface area contributed by atoms with Gasteiger partial charge in [-0.25, -0.2) is 14.8 Å². The number of hydrogen-bond acceptors (Lipinski definition) is 8. The molecule has 38 heavy (non-hydrogen) atoms. The zero-order chi connectivity index (χ0) is 26.9. The van der Waals surface area contributed by atoms with E-state index in [0.717, 1.165) is 33.5 Å². The molecule has 2 aromatic carbocycles. The summed E-state index contributed by atoms with van der Waals surface area (Å²) in [5, 5.41) is 1.93. The van der Waals surface area contributed by atoms with Crippen LogP contribution in [0.3, 0.4) is 0 Å². The van der Waals surface area contributed by atoms with Crippen molar-refractivity contribution < 1.29 is 23.8 Å². The number of amides is 2. The number of piperazine rings is 1. The van der Waals surface area contributed by atoms with Crippen molar-refractivity contribution in [1.82, 2.24) is 14.9 Å². The summed E-state index contributed by atoms with van der Waals surface area (Å²) < 4.78 is 16.3. The first-order chi connectivity index (χ1) is 18.2. The third kappa shape index (κ3) is 5.35. The van der Waals surface area contributed by atoms with E-state index in [9.17, 15) is 9.59 Å². The van der Waals surface area contributed by atoms with Crippen molar-refractivity contribution in [3.8, 4) is 5.75 Å². The van der Waals surface area contributed by atoms with Gasteiger partial charge in [-0.05, 0) is 32.2 Å². The van der Waals surface area contributed by atoms with Gasteiger partial charge in [0.25, 0.3) is 0 Å². The summed E-state index contributed by atoms with van der Waals surface area (Å²) in [5.41, 5.74) is 1.90. The van der Waals surface area contributed by atoms with E-state index in [0.29, 0.717) is 38.5 Å². The molecular formula is C28H33N5O5. The molecule has 0 bridgehead atoms. The number of carbonyl (C=O) groups excluding carboxylic acids is 2. The zero-order valence-electron chi connectivity index (χ0n) is 22.3. The molecule has 2 aliphatic heterocycles. The first kappa shape index (κ1) is 25.7. The predicted molar refractivity (Wildman–Crippen MR) is 143 cm³/mol. The zero-order valence-corrected chi connectivity index (χ0v) is 22.3. The average molecular weight is 520 g/mol. The van der Waals surface area contributed by atoms with E-state index in [1.807, 2.05) is 57.2 Å². The minimum Gasteiger partial charge on any atom is -0.467 e. The molecule has 10 nitrogen and oxygen atoms in total. The van der Waals surface area contributed by atoms with Gasteiger partial charge in [0.1, 0.15) is 23.5 Å². The number of aromatic nitrogens is 2. The lowest BCUT2D eigenvalue weighted by Gasteiger charge is -2.38. The topological polar surface area (TPSA) is 97.3 Å². The minimum atomic E-state index is -0.535. The van der Waals surface area contributed by atoms with Crippen molar-refractivity contribution in [2.75, 3.05) is 49.9 Å². The maximum absolute atomic E-state index is 13.6. The smallest absolute Gasteiger partial charge is 0.410 e. The Morgan fingerprint density at radius 3 is 2.55 bits per heavy atom. The molecular weight excluding hydrogens is 486 g/mol. The fourth-order valence-corrected chi connectivity index (χ4v) is 4.86. The summed E-state index contributed by atoms with van der Waals surface area (Å²) in [4.78, 5) is 40.7. The van der Waals surface area contributed by atoms with Gasteiger partial charge in [0.15, 0.2) is 6.79 Å². The van der Waals surface area contributed by atoms with Crippen molar-refractivity contribution in [3.05, 3.63) is 54.0 Å². The minimum absolute atomic E-state index is 0.0324. The summed E-state index contributed by atoms with van der Waals surface area (Å²) in [7, 11) is 1.57. The van der Waals surface area contributed by atoms with Crippen LogP contribution in [-0.2, 0) is 27.2 Å². The van der Waals surface area contributed by atoms with E-state index >= 15 is 0 Å². The van der Waals surface area contributed by atoms with Crippen molar-refractivity contribution in [1.29, 1.82) is 0 Å². The Balaban J connectivity index is 1.38. The molecule has 0 unspecified atom stereocenters. The lowest BCUT2D eigenvalue weighted by atomic mass is 10.0. The highest BCUT2D eigenvalue weighted by Crippen LogP contribution is 2.36. The van der Waals surface area contributed by atoms with Gasteiger partial charge < -0.3 is 28.9 Å². The van der Waals surface area contributed by atoms with Crippen LogP contribution in [0.15, 0.2) is 42.7 Å². The third-order valence-electron chi connectivity index (χ3n) is 6.63. The quantitative estimate of drug-likeness (QED) is 0.470. The second-order valence-electron chi connectivity index (χ2n) is 10.4. The third-order valence-corrected chi connectivity index (χ3v) is 6.63. The van der Waals surface area contributed by atoms with Gasteiger partial charge in [0.2, 0.25) is 5.91 Å². The van der Waals surface area contributed by atoms with Crippen LogP contribution in [0, 0.1) is 0 Å². The number of fused-ring (bicyclic) bond motifs is 2. The molecule has 3 aromatic rings. The standard InChI is InChI=1S/C28H33N5O5/c1-28(2,3)38-27(35)32-11-9-31(10-12-32)26-22-15-25(34)33(16-23(22)29-17-30-26)24-14-20(37-18-36-4)13-19-7-5-6-8-21(19)24/h5-8,13-14,17H,9-12,15-16,18H2,1-4H3. The Hall–Kier alpha value is -3.92. The highest BCUT2D eigenvalue weighted by molar-refractivity contribution is 6.06. The second-order valence-corrected chi connectivity index (χ2v) is 10.4. The SMILES string of the molecule is COCOc1cc(N2Cc3ncnc(N4CCN(C(=O)OC(C)(C)C)CC4)c3CC2=O)c2ccccc2c1. The van der Waals surface area contributed by atoms with Gasteiger partial charge in [-0.3, -0.25) is 4.79 Å². The number of methoxy groups -OCH3 is 1. The molecule has 200 valence electrons. The van der Waals surface area contributed by atoms with Crippen LogP contribution in [0.5, 0.6) is 5.75 Å². The van der Waals surface area contributed by atoms with Gasteiger partial charge in [-0.15, -0.1) is 0 Å². The van der Waals surface area contributed by atoms with Crippen LogP contribution in [0.4, 0.5) is 16.3 Å². The fraction of sp³-hybridized carbons (Fsp3) is 0.429. The van der Waals surface area contributed by atoms with E-state index in [-0.39, 0.29) is 25.2 Å². The number of carbonyl (C=O) groups is 2. The summed E-state index contributed by atoms with van der Waals surface area (Å²) >= 11 is 0. The second kappa shape index (κ2) is 10.4. The normalized spacial score (nSPS) is 16.0. The van der Waals surface area contributed by atoms with E-state index in [1.54, 1.807) is 23.2 Å². The van der Waals surface area contributed by atoms with Crippen molar-refractivity contribution in [2.24, 2.45) is 0 Å². The molecule has 1 fully saturated rings. The van der Waals surface area contributed by atoms with E-state index in [2.05, 4.69) is 14.9 Å². The van der Waals surface area contributed by atoms with Crippen LogP contribution in [0.2, 0.25) is 0 Å². The maximum atomic E-state index is 13.6. The Kier molecular flexibility index (Phi) is 7.07. The molecule has 10 heteroatoms. The number of benzene rings is 2. The molecule has 1 saturated heterocycles. The molecule has 0 radical (unpaired) electrons. The number of rotatable bonds is 5. The maximum Gasteiger partial charge on any atom is 0.410 e. The van der Waals surface area contributed by atoms with Crippen molar-refractivity contribution >= 4 is 34.3 Å². The van der Waals surface area contributed by atoms with Gasteiger partial charge in [-0.2, -0.15) is 0 Å². The molecule has 5 rings (SSSR count). The van der Waals surface area contributed by atoms with Gasteiger partial charge in [0, 0.05) is 50.3 Å². The number of nitrogens with zero attached hydrogens (tertiary/aromatic N) is 5. The van der Waals surface area contributed by atoms with Gasteiger partial charge >= 0.3 is 6.09 Å². The molecule has 0 spiro atoms. The predicted octanol–water partition coefficient (Wildman–Crippen LogP) is 3.76. The fourth-order valence-electron chi connectivity index (χ4n) is 4.86. The first-order valence-electron chi connectivity index (χ1n) is 12.7. The number of anilines is 2. The van der Waals surface area contributed by atoms with E-state index < -0.39 is 5.60 Å². The van der Waals surface area contributed by atoms with Crippen LogP contribution in [0.1, 0.15) is 32.0 Å². The monoisotopic (exact) mass is 519 g/mol. The molecule has 0 saturated carbocycles. The summed E-state index contributed by atoms with van der Waals surface area (Å²) in [6, 6.07) is 11.7. The molecule has 1 aromatic heterocycles. The Morgan fingerprint density at radius 2 is 1.82 bits per heavy atom. The van der Waals surface area contributed by atoms with E-state index in [4.69, 9.17) is 14.2 Å². The summed E-state index contributed by atoms with van der Waals surface area (Å²) in [6.07, 6.45) is 1.44. The largest absolute Gasteiger partial charge is 0.467 e. The molecule has 0 atom stereocenters. The van der Waals surface area contributed by atoms with Gasteiger partial charge in [0.05, 0.1) is 24.3 Å². The number of hydrogen-bond donors (Lipinski definition) is 0. The van der Waals surface area contributed by atoms with Gasteiger partial charge in [-0.1, -0.05) is 24.3 Å². The van der Waals surface area contributed by atoms with Crippen molar-refractivity contribution in [3.63, 3.8) is 0 Å². The molecule has 2 amide bonds. The van der Waals surface area contributed by atoms with Crippen LogP contribution >= 0.6 is 0 Å². The molecule has 2 aliphatic rings. The highest BCUT2D eigenvalue weighted by atomic mass is 16.7. The average Bonchev–Trinajstić information content (AvgIpc) is 2.90. The van der Waals surface area contributed by atoms with Crippen LogP contribution in [-0.4, -0.2) is 72.6 Å². The Labute approximate surface area is 222 Å². The number of ether oxygens (including phenoxy) is 3. The molecule has 0 aliphatic carbocycles. The van der Waals surface area contributed by atoms with Crippen LogP contribution < -0.4 is 14.5 Å². The lowest BCUT2D eigenvalue weighted by Crippen LogP contribution is -2.51. The Morgan fingerprint density at radius 1 is 1.05 bits per heavy atom. The molecule has 3 heterocycles. The lowest BCUT2D eigenvalue weighted by molar-refractivity contribution is -0.118.